The van der Waals surface area contributed by atoms with Crippen LogP contribution < -0.4 is 16.2 Å². The van der Waals surface area contributed by atoms with Crippen LogP contribution in [-0.4, -0.2) is 39.3 Å². The Morgan fingerprint density at radius 3 is 2.44 bits per heavy atom. The molecule has 12 heteroatoms. The molecule has 3 N–H and O–H groups in total. The monoisotopic (exact) mass is 494 g/mol. The summed E-state index contributed by atoms with van der Waals surface area (Å²) in [6.45, 7) is -0.461. The number of anilines is 2. The Morgan fingerprint density at radius 1 is 1.09 bits per heavy atom. The number of carboxylic acids is 1. The molecule has 0 spiro atoms. The van der Waals surface area contributed by atoms with E-state index in [1.54, 1.807) is 5.32 Å². The van der Waals surface area contributed by atoms with E-state index in [-0.39, 0.29) is 27.9 Å². The number of rotatable bonds is 8. The Hall–Kier alpha value is -3.86. The van der Waals surface area contributed by atoms with Crippen molar-refractivity contribution in [3.63, 3.8) is 0 Å². The second kappa shape index (κ2) is 10.4. The highest BCUT2D eigenvalue weighted by atomic mass is 35.5. The van der Waals surface area contributed by atoms with Gasteiger partial charge < -0.3 is 15.7 Å². The Labute approximate surface area is 196 Å². The molecule has 0 radical (unpaired) electrons. The molecule has 0 saturated heterocycles. The van der Waals surface area contributed by atoms with Crippen molar-refractivity contribution < 1.29 is 27.9 Å². The molecule has 0 fully saturated rings. The van der Waals surface area contributed by atoms with Gasteiger partial charge in [0.1, 0.15) is 6.54 Å². The van der Waals surface area contributed by atoms with E-state index >= 15 is 0 Å². The van der Waals surface area contributed by atoms with Crippen LogP contribution in [0, 0.1) is 0 Å². The predicted octanol–water partition coefficient (Wildman–Crippen LogP) is 3.80. The lowest BCUT2D eigenvalue weighted by Crippen LogP contribution is -2.30. The number of nitrogens with zero attached hydrogens (tertiary/aromatic N) is 2. The van der Waals surface area contributed by atoms with Crippen LogP contribution in [0.25, 0.3) is 11.3 Å². The standard InChI is InChI=1S/C22H18ClF3N4O4/c23-18-17(14-7-4-8-15(11-14)28-21(34)22(24,25)26)30(12-16(31)32)20(33)19(29-18)27-10-9-13-5-2-1-3-6-13/h1-8,11H,9-10,12H2,(H,27,29)(H,28,34)(H,31,32). The van der Waals surface area contributed by atoms with Gasteiger partial charge in [-0.15, -0.1) is 0 Å². The summed E-state index contributed by atoms with van der Waals surface area (Å²) in [4.78, 5) is 39.7. The van der Waals surface area contributed by atoms with Gasteiger partial charge in [0.2, 0.25) is 0 Å². The van der Waals surface area contributed by atoms with E-state index in [4.69, 9.17) is 11.6 Å². The fourth-order valence-corrected chi connectivity index (χ4v) is 3.43. The number of aliphatic carboxylic acids is 1. The van der Waals surface area contributed by atoms with Crippen molar-refractivity contribution in [2.75, 3.05) is 17.2 Å². The minimum absolute atomic E-state index is 0.0895. The fourth-order valence-electron chi connectivity index (χ4n) is 3.13. The molecule has 0 aliphatic rings. The maximum Gasteiger partial charge on any atom is 0.471 e. The average molecular weight is 495 g/mol. The Bertz CT molecular complexity index is 1260. The highest BCUT2D eigenvalue weighted by Gasteiger charge is 2.38. The zero-order valence-electron chi connectivity index (χ0n) is 17.4. The highest BCUT2D eigenvalue weighted by Crippen LogP contribution is 2.29. The molecule has 0 bridgehead atoms. The molecule has 0 unspecified atom stereocenters. The minimum atomic E-state index is -5.10. The summed E-state index contributed by atoms with van der Waals surface area (Å²) < 4.78 is 38.6. The first kappa shape index (κ1) is 24.8. The molecule has 0 aliphatic heterocycles. The molecule has 0 atom stereocenters. The number of benzene rings is 2. The topological polar surface area (TPSA) is 113 Å². The van der Waals surface area contributed by atoms with Crippen LogP contribution in [0.4, 0.5) is 24.7 Å². The van der Waals surface area contributed by atoms with Crippen LogP contribution in [0.5, 0.6) is 0 Å². The van der Waals surface area contributed by atoms with Gasteiger partial charge in [0, 0.05) is 17.8 Å². The van der Waals surface area contributed by atoms with Crippen molar-refractivity contribution in [2.45, 2.75) is 19.1 Å². The predicted molar refractivity (Wildman–Crippen MR) is 120 cm³/mol. The lowest BCUT2D eigenvalue weighted by Gasteiger charge is -2.16. The van der Waals surface area contributed by atoms with E-state index in [0.717, 1.165) is 16.2 Å². The maximum absolute atomic E-state index is 13.0. The summed E-state index contributed by atoms with van der Waals surface area (Å²) in [7, 11) is 0. The van der Waals surface area contributed by atoms with Crippen molar-refractivity contribution in [1.29, 1.82) is 0 Å². The van der Waals surface area contributed by atoms with E-state index in [1.807, 2.05) is 30.3 Å². The SMILES string of the molecule is O=C(O)Cn1c(-c2cccc(NC(=O)C(F)(F)F)c2)c(Cl)nc(NCCc2ccccc2)c1=O. The number of hydrogen-bond donors (Lipinski definition) is 3. The van der Waals surface area contributed by atoms with Gasteiger partial charge in [-0.2, -0.15) is 13.2 Å². The molecular formula is C22H18ClF3N4O4. The van der Waals surface area contributed by atoms with Gasteiger partial charge in [-0.3, -0.25) is 19.0 Å². The van der Waals surface area contributed by atoms with Crippen LogP contribution in [0.3, 0.4) is 0 Å². The van der Waals surface area contributed by atoms with Crippen molar-refractivity contribution in [1.82, 2.24) is 9.55 Å². The molecule has 8 nitrogen and oxygen atoms in total. The normalized spacial score (nSPS) is 11.2. The number of alkyl halides is 3. The van der Waals surface area contributed by atoms with Crippen molar-refractivity contribution >= 4 is 35.0 Å². The zero-order valence-corrected chi connectivity index (χ0v) is 18.2. The van der Waals surface area contributed by atoms with Gasteiger partial charge >= 0.3 is 18.1 Å². The lowest BCUT2D eigenvalue weighted by atomic mass is 10.1. The van der Waals surface area contributed by atoms with Gasteiger partial charge in [-0.1, -0.05) is 54.1 Å². The van der Waals surface area contributed by atoms with Crippen LogP contribution in [0.15, 0.2) is 59.4 Å². The third kappa shape index (κ3) is 6.13. The van der Waals surface area contributed by atoms with Gasteiger partial charge in [0.25, 0.3) is 5.56 Å². The maximum atomic E-state index is 13.0. The Balaban J connectivity index is 1.95. The van der Waals surface area contributed by atoms with Crippen molar-refractivity contribution in [3.05, 3.63) is 75.7 Å². The highest BCUT2D eigenvalue weighted by molar-refractivity contribution is 6.32. The van der Waals surface area contributed by atoms with E-state index in [2.05, 4.69) is 10.3 Å². The first-order chi connectivity index (χ1) is 16.1. The minimum Gasteiger partial charge on any atom is -0.480 e. The number of carbonyl (C=O) groups is 2. The van der Waals surface area contributed by atoms with Crippen molar-refractivity contribution in [3.8, 4) is 11.3 Å². The molecule has 3 rings (SSSR count). The quantitative estimate of drug-likeness (QED) is 0.439. The molecule has 0 aliphatic carbocycles. The number of carboxylic acid groups (broad SMARTS) is 1. The van der Waals surface area contributed by atoms with Crippen LogP contribution in [0.1, 0.15) is 5.56 Å². The number of hydrogen-bond acceptors (Lipinski definition) is 5. The zero-order chi connectivity index (χ0) is 24.9. The molecule has 0 saturated carbocycles. The van der Waals surface area contributed by atoms with Gasteiger partial charge in [0.15, 0.2) is 11.0 Å². The Morgan fingerprint density at radius 2 is 1.79 bits per heavy atom. The number of amides is 1. The lowest BCUT2D eigenvalue weighted by molar-refractivity contribution is -0.167. The number of aromatic nitrogens is 2. The van der Waals surface area contributed by atoms with E-state index in [1.165, 1.54) is 18.2 Å². The summed E-state index contributed by atoms with van der Waals surface area (Å²) >= 11 is 6.28. The number of carbonyl (C=O) groups excluding carboxylic acids is 1. The van der Waals surface area contributed by atoms with Crippen molar-refractivity contribution in [2.24, 2.45) is 0 Å². The number of nitrogens with one attached hydrogen (secondary N) is 2. The largest absolute Gasteiger partial charge is 0.480 e. The summed E-state index contributed by atoms with van der Waals surface area (Å²) in [5.41, 5.74) is -0.0337. The van der Waals surface area contributed by atoms with Crippen LogP contribution in [0.2, 0.25) is 5.15 Å². The summed E-state index contributed by atoms with van der Waals surface area (Å²) in [6.07, 6.45) is -4.55. The van der Waals surface area contributed by atoms with Crippen LogP contribution >= 0.6 is 11.6 Å². The van der Waals surface area contributed by atoms with Gasteiger partial charge in [0.05, 0.1) is 5.69 Å². The third-order valence-corrected chi connectivity index (χ3v) is 4.88. The Kier molecular flexibility index (Phi) is 7.57. The first-order valence-corrected chi connectivity index (χ1v) is 10.2. The number of halogens is 4. The molecular weight excluding hydrogens is 477 g/mol. The fraction of sp³-hybridized carbons (Fsp3) is 0.182. The summed E-state index contributed by atoms with van der Waals surface area (Å²) in [6, 6.07) is 14.4. The van der Waals surface area contributed by atoms with E-state index < -0.39 is 30.2 Å². The molecule has 1 heterocycles. The second-order valence-electron chi connectivity index (χ2n) is 7.08. The molecule has 1 aromatic heterocycles. The molecule has 1 amide bonds. The molecule has 34 heavy (non-hydrogen) atoms. The molecule has 178 valence electrons. The van der Waals surface area contributed by atoms with Crippen LogP contribution in [-0.2, 0) is 22.6 Å². The summed E-state index contributed by atoms with van der Waals surface area (Å²) in [5.74, 6) is -3.70. The summed E-state index contributed by atoms with van der Waals surface area (Å²) in [5, 5.41) is 13.6. The van der Waals surface area contributed by atoms with E-state index in [0.29, 0.717) is 13.0 Å². The smallest absolute Gasteiger partial charge is 0.471 e. The second-order valence-corrected chi connectivity index (χ2v) is 7.44. The molecule has 3 aromatic rings. The average Bonchev–Trinajstić information content (AvgIpc) is 2.77. The first-order valence-electron chi connectivity index (χ1n) is 9.85. The van der Waals surface area contributed by atoms with Gasteiger partial charge in [-0.05, 0) is 24.1 Å². The van der Waals surface area contributed by atoms with Gasteiger partial charge in [-0.25, -0.2) is 4.98 Å². The molecule has 2 aromatic carbocycles. The third-order valence-electron chi connectivity index (χ3n) is 4.62. The van der Waals surface area contributed by atoms with E-state index in [9.17, 15) is 32.7 Å².